The van der Waals surface area contributed by atoms with Gasteiger partial charge in [-0.15, -0.1) is 0 Å². The maximum atomic E-state index is 11.4. The fourth-order valence-electron chi connectivity index (χ4n) is 3.83. The lowest BCUT2D eigenvalue weighted by Gasteiger charge is -2.15. The number of carbonyl (C=O) groups is 1. The van der Waals surface area contributed by atoms with Crippen LogP contribution in [0, 0.1) is 0 Å². The SMILES string of the molecule is CSc1nc(Cl)c2c(Br)cn(COCC[Si](C)(C)C)c2n1.CSc1nc(Cl)c2c(C(=O)O)cn(COCC[Si](C)(C)C)c2n1. The Morgan fingerprint density at radius 3 is 1.68 bits per heavy atom. The first-order chi connectivity index (χ1) is 20.5. The topological polar surface area (TPSA) is 117 Å². The van der Waals surface area contributed by atoms with Crippen LogP contribution in [-0.2, 0) is 22.9 Å². The molecule has 242 valence electrons. The van der Waals surface area contributed by atoms with Gasteiger partial charge in [0.15, 0.2) is 10.3 Å². The zero-order valence-electron chi connectivity index (χ0n) is 26.2. The molecule has 0 aliphatic rings. The van der Waals surface area contributed by atoms with Crippen molar-refractivity contribution in [2.45, 2.75) is 75.1 Å². The smallest absolute Gasteiger partial charge is 0.338 e. The highest BCUT2D eigenvalue weighted by Crippen LogP contribution is 2.32. The molecule has 4 heterocycles. The standard InChI is InChI=1S/C14H20ClN3O3SSi.C13H19BrClN3OSSi/c1-22-14-16-11(15)10-9(13(19)20)7-18(12(10)17-14)8-21-5-6-23(2,3)4;1-20-13-16-11(15)10-9(14)7-18(12(10)17-13)8-19-5-6-21(2,3)4/h7H,5-6,8H2,1-4H3,(H,19,20);7H,5-6,8H2,1-4H3. The van der Waals surface area contributed by atoms with Crippen LogP contribution in [0.1, 0.15) is 10.4 Å². The molecule has 1 N–H and O–H groups in total. The van der Waals surface area contributed by atoms with Gasteiger partial charge in [0, 0.05) is 46.2 Å². The minimum Gasteiger partial charge on any atom is -0.478 e. The molecule has 10 nitrogen and oxygen atoms in total. The van der Waals surface area contributed by atoms with E-state index in [0.717, 1.165) is 34.2 Å². The number of ether oxygens (including phenoxy) is 2. The van der Waals surface area contributed by atoms with Gasteiger partial charge in [0.1, 0.15) is 35.1 Å². The highest BCUT2D eigenvalue weighted by molar-refractivity contribution is 9.10. The molecule has 0 unspecified atom stereocenters. The Balaban J connectivity index is 0.000000241. The number of rotatable bonds is 13. The van der Waals surface area contributed by atoms with E-state index in [4.69, 9.17) is 32.7 Å². The number of hydrogen-bond acceptors (Lipinski definition) is 9. The number of aromatic carboxylic acids is 1. The summed E-state index contributed by atoms with van der Waals surface area (Å²) in [5.41, 5.74) is 1.38. The highest BCUT2D eigenvalue weighted by Gasteiger charge is 2.21. The highest BCUT2D eigenvalue weighted by atomic mass is 79.9. The minimum absolute atomic E-state index is 0.0893. The summed E-state index contributed by atoms with van der Waals surface area (Å²) in [5, 5.41) is 12.3. The third-order valence-electron chi connectivity index (χ3n) is 6.31. The fourth-order valence-corrected chi connectivity index (χ4v) is 7.42. The van der Waals surface area contributed by atoms with E-state index in [1.54, 1.807) is 4.57 Å². The number of halogens is 3. The summed E-state index contributed by atoms with van der Waals surface area (Å²) in [5.74, 6) is -1.06. The predicted octanol–water partition coefficient (Wildman–Crippen LogP) is 8.70. The largest absolute Gasteiger partial charge is 0.478 e. The Labute approximate surface area is 287 Å². The Bertz CT molecular complexity index is 1610. The molecule has 0 aromatic carbocycles. The predicted molar refractivity (Wildman–Crippen MR) is 192 cm³/mol. The van der Waals surface area contributed by atoms with Crippen LogP contribution in [0.15, 0.2) is 27.2 Å². The van der Waals surface area contributed by atoms with Crippen LogP contribution in [0.5, 0.6) is 0 Å². The first-order valence-corrected chi connectivity index (χ1v) is 25.2. The summed E-state index contributed by atoms with van der Waals surface area (Å²) in [4.78, 5) is 28.7. The van der Waals surface area contributed by atoms with Gasteiger partial charge >= 0.3 is 5.97 Å². The van der Waals surface area contributed by atoms with Crippen molar-refractivity contribution in [2.75, 3.05) is 25.7 Å². The summed E-state index contributed by atoms with van der Waals surface area (Å²) in [6.45, 7) is 16.0. The summed E-state index contributed by atoms with van der Waals surface area (Å²) in [7, 11) is -2.22. The van der Waals surface area contributed by atoms with E-state index in [-0.39, 0.29) is 17.4 Å². The minimum atomic E-state index is -1.16. The molecular weight excluding hydrogens is 743 g/mol. The second kappa shape index (κ2) is 16.1. The number of carboxylic acid groups (broad SMARTS) is 1. The molecular formula is C27H39BrCl2N6O4S2Si2. The van der Waals surface area contributed by atoms with Gasteiger partial charge in [-0.25, -0.2) is 24.7 Å². The number of carboxylic acids is 1. The second-order valence-electron chi connectivity index (χ2n) is 12.4. The van der Waals surface area contributed by atoms with Crippen molar-refractivity contribution in [2.24, 2.45) is 0 Å². The second-order valence-corrected chi connectivity index (χ2v) is 26.7. The molecule has 0 aliphatic heterocycles. The van der Waals surface area contributed by atoms with Gasteiger partial charge in [0.25, 0.3) is 0 Å². The van der Waals surface area contributed by atoms with E-state index in [1.165, 1.54) is 29.7 Å². The van der Waals surface area contributed by atoms with Crippen molar-refractivity contribution in [1.29, 1.82) is 0 Å². The molecule has 17 heteroatoms. The van der Waals surface area contributed by atoms with Gasteiger partial charge in [-0.05, 0) is 40.5 Å². The van der Waals surface area contributed by atoms with Crippen LogP contribution >= 0.6 is 62.7 Å². The van der Waals surface area contributed by atoms with E-state index in [2.05, 4.69) is 75.1 Å². The van der Waals surface area contributed by atoms with Crippen LogP contribution in [0.25, 0.3) is 22.1 Å². The lowest BCUT2D eigenvalue weighted by molar-refractivity contribution is 0.0696. The fraction of sp³-hybridized carbons (Fsp3) is 0.519. The Morgan fingerprint density at radius 2 is 1.25 bits per heavy atom. The Kier molecular flexibility index (Phi) is 13.6. The summed E-state index contributed by atoms with van der Waals surface area (Å²) >= 11 is 18.7. The van der Waals surface area contributed by atoms with Crippen molar-refractivity contribution in [3.8, 4) is 0 Å². The number of nitrogens with zero attached hydrogens (tertiary/aromatic N) is 6. The molecule has 4 aromatic rings. The van der Waals surface area contributed by atoms with Gasteiger partial charge < -0.3 is 23.7 Å². The molecule has 0 spiro atoms. The van der Waals surface area contributed by atoms with Crippen LogP contribution in [0.2, 0.25) is 61.7 Å². The summed E-state index contributed by atoms with van der Waals surface area (Å²) in [6.07, 6.45) is 7.23. The molecule has 0 amide bonds. The molecule has 0 saturated carbocycles. The molecule has 0 aliphatic carbocycles. The lowest BCUT2D eigenvalue weighted by atomic mass is 10.2. The number of hydrogen-bond donors (Lipinski definition) is 1. The Morgan fingerprint density at radius 1 is 0.818 bits per heavy atom. The van der Waals surface area contributed by atoms with E-state index >= 15 is 0 Å². The van der Waals surface area contributed by atoms with E-state index in [0.29, 0.717) is 39.8 Å². The number of aromatic nitrogens is 6. The molecule has 0 saturated heterocycles. The maximum absolute atomic E-state index is 11.4. The van der Waals surface area contributed by atoms with Crippen molar-refractivity contribution in [3.05, 3.63) is 32.7 Å². The molecule has 0 bridgehead atoms. The molecule has 0 fully saturated rings. The third kappa shape index (κ3) is 10.4. The van der Waals surface area contributed by atoms with Gasteiger partial charge in [-0.1, -0.05) is 86.0 Å². The van der Waals surface area contributed by atoms with Gasteiger partial charge in [-0.3, -0.25) is 0 Å². The average Bonchev–Trinajstić information content (AvgIpc) is 3.46. The average molecular weight is 783 g/mol. The summed E-state index contributed by atoms with van der Waals surface area (Å²) < 4.78 is 16.0. The lowest BCUT2D eigenvalue weighted by Crippen LogP contribution is -2.22. The first-order valence-electron chi connectivity index (χ1n) is 13.8. The number of thioether (sulfide) groups is 2. The zero-order valence-corrected chi connectivity index (χ0v) is 32.9. The van der Waals surface area contributed by atoms with E-state index in [9.17, 15) is 9.90 Å². The maximum Gasteiger partial charge on any atom is 0.338 e. The van der Waals surface area contributed by atoms with Crippen molar-refractivity contribution < 1.29 is 19.4 Å². The zero-order chi connectivity index (χ0) is 32.8. The molecule has 4 rings (SSSR count). The van der Waals surface area contributed by atoms with Crippen molar-refractivity contribution >= 4 is 107 Å². The normalized spacial score (nSPS) is 12.2. The molecule has 44 heavy (non-hydrogen) atoms. The van der Waals surface area contributed by atoms with Crippen LogP contribution < -0.4 is 0 Å². The number of fused-ring (bicyclic) bond motifs is 2. The van der Waals surface area contributed by atoms with Gasteiger partial charge in [0.2, 0.25) is 0 Å². The Hall–Kier alpha value is -1.18. The quantitative estimate of drug-likeness (QED) is 0.0464. The van der Waals surface area contributed by atoms with Crippen molar-refractivity contribution in [3.63, 3.8) is 0 Å². The molecule has 4 aromatic heterocycles. The van der Waals surface area contributed by atoms with Crippen LogP contribution in [0.3, 0.4) is 0 Å². The summed E-state index contributed by atoms with van der Waals surface area (Å²) in [6, 6.07) is 2.20. The first kappa shape index (κ1) is 37.3. The van der Waals surface area contributed by atoms with Crippen LogP contribution in [0.4, 0.5) is 0 Å². The van der Waals surface area contributed by atoms with Gasteiger partial charge in [0.05, 0.1) is 16.3 Å². The molecule has 0 radical (unpaired) electrons. The monoisotopic (exact) mass is 780 g/mol. The van der Waals surface area contributed by atoms with Crippen molar-refractivity contribution in [1.82, 2.24) is 29.1 Å². The molecule has 0 atom stereocenters. The van der Waals surface area contributed by atoms with E-state index in [1.807, 2.05) is 23.3 Å². The van der Waals surface area contributed by atoms with Gasteiger partial charge in [-0.2, -0.15) is 0 Å². The third-order valence-corrected chi connectivity index (χ3v) is 12.0. The van der Waals surface area contributed by atoms with E-state index < -0.39 is 22.1 Å². The van der Waals surface area contributed by atoms with Crippen LogP contribution in [-0.4, -0.2) is 82.0 Å².